The fraction of sp³-hybridized carbons (Fsp3) is 0.348. The van der Waals surface area contributed by atoms with E-state index in [0.717, 1.165) is 54.9 Å². The predicted molar refractivity (Wildman–Crippen MR) is 103 cm³/mol. The van der Waals surface area contributed by atoms with Crippen molar-refractivity contribution in [2.45, 2.75) is 44.4 Å². The average Bonchev–Trinajstić information content (AvgIpc) is 3.14. The van der Waals surface area contributed by atoms with Gasteiger partial charge in [0.25, 0.3) is 0 Å². The van der Waals surface area contributed by atoms with Crippen LogP contribution in [0.4, 0.5) is 0 Å². The van der Waals surface area contributed by atoms with Crippen molar-refractivity contribution in [1.82, 2.24) is 0 Å². The fourth-order valence-electron chi connectivity index (χ4n) is 5.23. The van der Waals surface area contributed by atoms with Gasteiger partial charge in [-0.05, 0) is 54.5 Å². The quantitative estimate of drug-likeness (QED) is 0.589. The lowest BCUT2D eigenvalue weighted by atomic mass is 9.63. The Balaban J connectivity index is 1.73. The normalized spacial score (nSPS) is 23.6. The van der Waals surface area contributed by atoms with Crippen LogP contribution in [0.2, 0.25) is 5.02 Å². The Morgan fingerprint density at radius 1 is 0.962 bits per heavy atom. The zero-order chi connectivity index (χ0) is 17.7. The van der Waals surface area contributed by atoms with Gasteiger partial charge in [-0.25, -0.2) is 0 Å². The van der Waals surface area contributed by atoms with Gasteiger partial charge in [-0.2, -0.15) is 0 Å². The minimum absolute atomic E-state index is 0.0367. The van der Waals surface area contributed by atoms with Crippen molar-refractivity contribution in [3.05, 3.63) is 75.8 Å². The maximum atomic E-state index is 13.3. The molecule has 0 N–H and O–H groups in total. The van der Waals surface area contributed by atoms with Crippen LogP contribution in [0.5, 0.6) is 0 Å². The number of hydrogen-bond acceptors (Lipinski definition) is 2. The summed E-state index contributed by atoms with van der Waals surface area (Å²) in [7, 11) is 0. The molecular weight excluding hydrogens is 344 g/mol. The smallest absolute Gasteiger partial charge is 0.318 e. The van der Waals surface area contributed by atoms with Crippen LogP contribution >= 0.6 is 11.6 Å². The molecule has 1 unspecified atom stereocenters. The minimum Gasteiger partial charge on any atom is -0.425 e. The summed E-state index contributed by atoms with van der Waals surface area (Å²) >= 11 is 6.13. The first-order valence-electron chi connectivity index (χ1n) is 9.48. The Hall–Kier alpha value is -2.06. The Morgan fingerprint density at radius 2 is 1.69 bits per heavy atom. The molecular formula is C23H21ClO2. The van der Waals surface area contributed by atoms with Crippen molar-refractivity contribution in [2.24, 2.45) is 5.41 Å². The molecule has 2 aliphatic carbocycles. The molecule has 1 spiro atoms. The zero-order valence-electron chi connectivity index (χ0n) is 14.6. The molecule has 26 heavy (non-hydrogen) atoms. The first kappa shape index (κ1) is 16.1. The van der Waals surface area contributed by atoms with Crippen LogP contribution in [-0.2, 0) is 16.0 Å². The summed E-state index contributed by atoms with van der Waals surface area (Å²) in [5.41, 5.74) is 4.46. The molecule has 1 saturated carbocycles. The fourth-order valence-corrected chi connectivity index (χ4v) is 5.36. The monoisotopic (exact) mass is 364 g/mol. The predicted octanol–water partition coefficient (Wildman–Crippen LogP) is 5.90. The van der Waals surface area contributed by atoms with E-state index in [4.69, 9.17) is 16.3 Å². The van der Waals surface area contributed by atoms with Gasteiger partial charge < -0.3 is 4.74 Å². The van der Waals surface area contributed by atoms with E-state index in [-0.39, 0.29) is 11.9 Å². The van der Waals surface area contributed by atoms with Gasteiger partial charge in [-0.15, -0.1) is 0 Å². The van der Waals surface area contributed by atoms with Gasteiger partial charge >= 0.3 is 5.97 Å². The number of carbonyl (C=O) groups is 1. The van der Waals surface area contributed by atoms with Crippen molar-refractivity contribution < 1.29 is 9.53 Å². The summed E-state index contributed by atoms with van der Waals surface area (Å²) in [5.74, 6) is 0.881. The van der Waals surface area contributed by atoms with Crippen LogP contribution in [0.15, 0.2) is 54.1 Å². The van der Waals surface area contributed by atoms with Crippen LogP contribution < -0.4 is 0 Å². The highest BCUT2D eigenvalue weighted by Gasteiger charge is 2.55. The Morgan fingerprint density at radius 3 is 2.46 bits per heavy atom. The first-order chi connectivity index (χ1) is 12.7. The SMILES string of the molecule is O=C1OC2=C(CCc3ccccc32)C(c2ccc(Cl)cc2)C12CCCC2. The molecule has 132 valence electrons. The second-order valence-electron chi connectivity index (χ2n) is 7.75. The van der Waals surface area contributed by atoms with Crippen LogP contribution in [0.3, 0.4) is 0 Å². The van der Waals surface area contributed by atoms with E-state index in [1.165, 1.54) is 16.7 Å². The molecule has 0 saturated heterocycles. The summed E-state index contributed by atoms with van der Waals surface area (Å²) in [6.45, 7) is 0. The van der Waals surface area contributed by atoms with Gasteiger partial charge in [0.2, 0.25) is 0 Å². The van der Waals surface area contributed by atoms with E-state index in [0.29, 0.717) is 0 Å². The topological polar surface area (TPSA) is 26.3 Å². The lowest BCUT2D eigenvalue weighted by molar-refractivity contribution is -0.151. The van der Waals surface area contributed by atoms with Crippen LogP contribution in [0.1, 0.15) is 54.7 Å². The van der Waals surface area contributed by atoms with Gasteiger partial charge in [0.1, 0.15) is 5.76 Å². The highest BCUT2D eigenvalue weighted by Crippen LogP contribution is 2.59. The second-order valence-corrected chi connectivity index (χ2v) is 8.19. The third-order valence-electron chi connectivity index (χ3n) is 6.42. The first-order valence-corrected chi connectivity index (χ1v) is 9.86. The average molecular weight is 365 g/mol. The number of fused-ring (bicyclic) bond motifs is 2. The number of hydrogen-bond donors (Lipinski definition) is 0. The highest BCUT2D eigenvalue weighted by molar-refractivity contribution is 6.30. The summed E-state index contributed by atoms with van der Waals surface area (Å²) in [6.07, 6.45) is 5.98. The number of aryl methyl sites for hydroxylation is 1. The molecule has 2 nitrogen and oxygen atoms in total. The van der Waals surface area contributed by atoms with Crippen molar-refractivity contribution in [3.63, 3.8) is 0 Å². The molecule has 5 rings (SSSR count). The maximum Gasteiger partial charge on any atom is 0.318 e. The largest absolute Gasteiger partial charge is 0.425 e. The van der Waals surface area contributed by atoms with Gasteiger partial charge in [0.05, 0.1) is 5.41 Å². The van der Waals surface area contributed by atoms with Crippen molar-refractivity contribution in [1.29, 1.82) is 0 Å². The molecule has 0 aromatic heterocycles. The van der Waals surface area contributed by atoms with E-state index in [1.54, 1.807) is 0 Å². The van der Waals surface area contributed by atoms with Crippen LogP contribution in [-0.4, -0.2) is 5.97 Å². The number of ether oxygens (including phenoxy) is 1. The van der Waals surface area contributed by atoms with Crippen molar-refractivity contribution in [2.75, 3.05) is 0 Å². The molecule has 0 bridgehead atoms. The Kier molecular flexibility index (Phi) is 3.72. The van der Waals surface area contributed by atoms with Gasteiger partial charge in [0.15, 0.2) is 0 Å². The number of esters is 1. The van der Waals surface area contributed by atoms with E-state index < -0.39 is 5.41 Å². The van der Waals surface area contributed by atoms with Crippen molar-refractivity contribution in [3.8, 4) is 0 Å². The van der Waals surface area contributed by atoms with Gasteiger partial charge in [-0.1, -0.05) is 60.8 Å². The molecule has 1 aliphatic heterocycles. The standard InChI is InChI=1S/C23H21ClO2/c24-17-10-7-16(8-11-17)20-19-12-9-15-5-1-2-6-18(15)21(19)26-22(25)23(20)13-3-4-14-23/h1-2,5-8,10-11,20H,3-4,9,12-14H2. The molecule has 2 aromatic carbocycles. The number of allylic oxidation sites excluding steroid dienone is 1. The second kappa shape index (κ2) is 5.99. The molecule has 0 amide bonds. The molecule has 1 atom stereocenters. The number of carbonyl (C=O) groups excluding carboxylic acids is 1. The zero-order valence-corrected chi connectivity index (χ0v) is 15.4. The van der Waals surface area contributed by atoms with Gasteiger partial charge in [0, 0.05) is 16.5 Å². The number of rotatable bonds is 1. The molecule has 0 radical (unpaired) electrons. The summed E-state index contributed by atoms with van der Waals surface area (Å²) < 4.78 is 6.04. The van der Waals surface area contributed by atoms with Crippen LogP contribution in [0, 0.1) is 5.41 Å². The maximum absolute atomic E-state index is 13.3. The van der Waals surface area contributed by atoms with E-state index in [2.05, 4.69) is 30.3 Å². The van der Waals surface area contributed by atoms with E-state index in [1.807, 2.05) is 18.2 Å². The minimum atomic E-state index is -0.404. The summed E-state index contributed by atoms with van der Waals surface area (Å²) in [4.78, 5) is 13.3. The molecule has 3 heteroatoms. The lowest BCUT2D eigenvalue weighted by Gasteiger charge is -2.43. The molecule has 1 fully saturated rings. The number of halogens is 1. The lowest BCUT2D eigenvalue weighted by Crippen LogP contribution is -2.41. The molecule has 3 aliphatic rings. The van der Waals surface area contributed by atoms with E-state index in [9.17, 15) is 4.79 Å². The Bertz CT molecular complexity index is 904. The third kappa shape index (κ3) is 2.28. The van der Waals surface area contributed by atoms with Gasteiger partial charge in [-0.3, -0.25) is 4.79 Å². The summed E-state index contributed by atoms with van der Waals surface area (Å²) in [5, 5.41) is 0.732. The Labute approximate surface area is 158 Å². The van der Waals surface area contributed by atoms with Crippen LogP contribution in [0.25, 0.3) is 5.76 Å². The molecule has 1 heterocycles. The third-order valence-corrected chi connectivity index (χ3v) is 6.67. The van der Waals surface area contributed by atoms with Crippen molar-refractivity contribution >= 4 is 23.3 Å². The van der Waals surface area contributed by atoms with E-state index >= 15 is 0 Å². The molecule has 2 aromatic rings. The highest BCUT2D eigenvalue weighted by atomic mass is 35.5. The summed E-state index contributed by atoms with van der Waals surface area (Å²) in [6, 6.07) is 16.4. The number of benzene rings is 2.